The van der Waals surface area contributed by atoms with Crippen LogP contribution < -0.4 is 21.7 Å². The van der Waals surface area contributed by atoms with E-state index in [0.29, 0.717) is 67.0 Å². The van der Waals surface area contributed by atoms with E-state index in [2.05, 4.69) is 31.0 Å². The number of amides is 6. The lowest BCUT2D eigenvalue weighted by atomic mass is 9.98. The van der Waals surface area contributed by atoms with Crippen LogP contribution in [-0.2, 0) is 31.9 Å². The van der Waals surface area contributed by atoms with Gasteiger partial charge in [0.25, 0.3) is 23.6 Å². The van der Waals surface area contributed by atoms with Gasteiger partial charge < -0.3 is 30.3 Å². The molecule has 344 valence electrons. The second-order valence-electron chi connectivity index (χ2n) is 16.7. The number of piperidine rings is 1. The van der Waals surface area contributed by atoms with Crippen molar-refractivity contribution < 1.29 is 42.7 Å². The quantitative estimate of drug-likeness (QED) is 0.0433. The van der Waals surface area contributed by atoms with Crippen molar-refractivity contribution in [1.82, 2.24) is 30.0 Å². The van der Waals surface area contributed by atoms with Crippen LogP contribution in [0.15, 0.2) is 77.7 Å². The minimum absolute atomic E-state index is 0.0270. The molecule has 0 spiro atoms. The van der Waals surface area contributed by atoms with E-state index in [9.17, 15) is 28.8 Å². The molecular formula is C48H53N9O9. The molecule has 1 saturated carbocycles. The molecule has 3 aliphatic rings. The molecule has 0 radical (unpaired) electrons. The molecule has 1 unspecified atom stereocenters. The van der Waals surface area contributed by atoms with Crippen molar-refractivity contribution in [3.8, 4) is 17.1 Å². The van der Waals surface area contributed by atoms with Gasteiger partial charge in [0.15, 0.2) is 11.4 Å². The summed E-state index contributed by atoms with van der Waals surface area (Å²) in [5.41, 5.74) is 9.65. The monoisotopic (exact) mass is 899 g/mol. The first kappa shape index (κ1) is 45.5. The number of nitrogens with one attached hydrogen (secondary N) is 3. The highest BCUT2D eigenvalue weighted by atomic mass is 16.5. The Morgan fingerprint density at radius 3 is 2.38 bits per heavy atom. The lowest BCUT2D eigenvalue weighted by Crippen LogP contribution is -2.54. The number of aromatic nitrogens is 4. The van der Waals surface area contributed by atoms with E-state index in [4.69, 9.17) is 19.6 Å². The van der Waals surface area contributed by atoms with Gasteiger partial charge in [0.05, 0.1) is 28.7 Å². The summed E-state index contributed by atoms with van der Waals surface area (Å²) in [6.07, 6.45) is 13.9. The summed E-state index contributed by atoms with van der Waals surface area (Å²) in [7, 11) is 0. The van der Waals surface area contributed by atoms with Gasteiger partial charge in [-0.2, -0.15) is 5.10 Å². The Morgan fingerprint density at radius 1 is 0.864 bits per heavy atom. The van der Waals surface area contributed by atoms with Crippen molar-refractivity contribution in [3.63, 3.8) is 0 Å². The Bertz CT molecular complexity index is 2580. The Kier molecular flexibility index (Phi) is 14.7. The van der Waals surface area contributed by atoms with Crippen LogP contribution in [0.5, 0.6) is 0 Å². The molecule has 5 heterocycles. The summed E-state index contributed by atoms with van der Waals surface area (Å²) in [6.45, 7) is 3.29. The van der Waals surface area contributed by atoms with Gasteiger partial charge >= 0.3 is 0 Å². The van der Waals surface area contributed by atoms with Gasteiger partial charge in [0, 0.05) is 51.2 Å². The van der Waals surface area contributed by atoms with Crippen LogP contribution in [0.25, 0.3) is 17.1 Å². The number of unbranched alkanes of at least 4 members (excludes halogenated alkanes) is 3. The Balaban J connectivity index is 0.686. The van der Waals surface area contributed by atoms with Gasteiger partial charge in [0.1, 0.15) is 18.1 Å². The summed E-state index contributed by atoms with van der Waals surface area (Å²) < 4.78 is 18.7. The fourth-order valence-corrected chi connectivity index (χ4v) is 8.01. The van der Waals surface area contributed by atoms with Gasteiger partial charge in [-0.05, 0) is 112 Å². The number of hydrogen-bond acceptors (Lipinski definition) is 13. The van der Waals surface area contributed by atoms with E-state index in [0.717, 1.165) is 67.5 Å². The summed E-state index contributed by atoms with van der Waals surface area (Å²) in [4.78, 5) is 85.5. The number of carbonyl (C=O) groups is 6. The van der Waals surface area contributed by atoms with Gasteiger partial charge in [-0.1, -0.05) is 30.7 Å². The maximum absolute atomic E-state index is 13.3. The largest absolute Gasteiger partial charge is 0.444 e. The van der Waals surface area contributed by atoms with Gasteiger partial charge in [-0.3, -0.25) is 39.0 Å². The number of pyridine rings is 1. The average Bonchev–Trinajstić information content (AvgIpc) is 3.72. The summed E-state index contributed by atoms with van der Waals surface area (Å²) in [5.74, 6) is -1.72. The molecule has 5 aromatic rings. The van der Waals surface area contributed by atoms with Gasteiger partial charge in [-0.25, -0.2) is 14.6 Å². The number of carbonyl (C=O) groups excluding carboxylic acids is 6. The molecule has 6 amide bonds. The lowest BCUT2D eigenvalue weighted by Gasteiger charge is -2.27. The second kappa shape index (κ2) is 21.3. The first-order valence-corrected chi connectivity index (χ1v) is 22.6. The number of aryl methyl sites for hydroxylation is 2. The molecule has 1 atom stereocenters. The van der Waals surface area contributed by atoms with Crippen molar-refractivity contribution in [2.75, 3.05) is 43.6 Å². The van der Waals surface area contributed by atoms with E-state index in [1.165, 1.54) is 30.0 Å². The zero-order valence-corrected chi connectivity index (χ0v) is 36.6. The molecule has 5 N–H and O–H groups in total. The Labute approximate surface area is 381 Å². The van der Waals surface area contributed by atoms with Crippen molar-refractivity contribution in [2.45, 2.75) is 83.1 Å². The zero-order chi connectivity index (χ0) is 46.0. The van der Waals surface area contributed by atoms with Gasteiger partial charge in [-0.15, -0.1) is 0 Å². The second-order valence-corrected chi connectivity index (χ2v) is 16.7. The highest BCUT2D eigenvalue weighted by Gasteiger charge is 2.45. The number of ether oxygens (including phenoxy) is 2. The molecule has 2 aromatic carbocycles. The fraction of sp³-hybridized carbons (Fsp3) is 0.396. The number of rotatable bonds is 24. The number of fused-ring (bicyclic) bond motifs is 1. The maximum atomic E-state index is 13.3. The summed E-state index contributed by atoms with van der Waals surface area (Å²) >= 11 is 0. The first-order valence-electron chi connectivity index (χ1n) is 22.6. The Hall–Kier alpha value is -7.05. The van der Waals surface area contributed by atoms with E-state index >= 15 is 0 Å². The van der Waals surface area contributed by atoms with Crippen molar-refractivity contribution in [2.24, 2.45) is 11.7 Å². The number of primary amides is 1. The number of oxazole rings is 1. The smallest absolute Gasteiger partial charge is 0.277 e. The zero-order valence-electron chi connectivity index (χ0n) is 36.6. The Morgan fingerprint density at radius 2 is 1.62 bits per heavy atom. The van der Waals surface area contributed by atoms with Crippen LogP contribution in [0.4, 0.5) is 11.5 Å². The molecule has 1 saturated heterocycles. The van der Waals surface area contributed by atoms with Crippen LogP contribution in [0.3, 0.4) is 0 Å². The third-order valence-electron chi connectivity index (χ3n) is 11.8. The molecule has 3 aromatic heterocycles. The molecule has 66 heavy (non-hydrogen) atoms. The van der Waals surface area contributed by atoms with E-state index in [-0.39, 0.29) is 35.8 Å². The first-order chi connectivity index (χ1) is 32.1. The SMILES string of the molecule is NC(=O)c1nn(-c2ccc(CCCCCOCCCOCCCCc3cccc4c3C(=O)N(C3CCC(=O)NC3=O)C4=O)cc2)cc1NC(=O)c1coc(-c2ccnc(NCC3CC3)c2)n1. The maximum Gasteiger partial charge on any atom is 0.277 e. The molecule has 2 aliphatic heterocycles. The number of anilines is 2. The molecule has 8 rings (SSSR count). The topological polar surface area (TPSA) is 243 Å². The van der Waals surface area contributed by atoms with Crippen molar-refractivity contribution in [1.29, 1.82) is 0 Å². The molecule has 0 bridgehead atoms. The molecule has 18 heteroatoms. The number of imide groups is 2. The lowest BCUT2D eigenvalue weighted by molar-refractivity contribution is -0.136. The third-order valence-corrected chi connectivity index (χ3v) is 11.8. The molecular weight excluding hydrogens is 847 g/mol. The van der Waals surface area contributed by atoms with Gasteiger partial charge in [0.2, 0.25) is 17.7 Å². The highest BCUT2D eigenvalue weighted by Crippen LogP contribution is 2.32. The number of benzene rings is 2. The fourth-order valence-electron chi connectivity index (χ4n) is 8.01. The minimum atomic E-state index is -0.980. The summed E-state index contributed by atoms with van der Waals surface area (Å²) in [6, 6.07) is 15.6. The predicted molar refractivity (Wildman–Crippen MR) is 241 cm³/mol. The van der Waals surface area contributed by atoms with Crippen molar-refractivity contribution >= 4 is 46.9 Å². The summed E-state index contributed by atoms with van der Waals surface area (Å²) in [5, 5.41) is 12.6. The van der Waals surface area contributed by atoms with Crippen LogP contribution in [0.1, 0.15) is 117 Å². The number of nitrogens with two attached hydrogens (primary N) is 1. The minimum Gasteiger partial charge on any atom is -0.444 e. The molecule has 18 nitrogen and oxygen atoms in total. The van der Waals surface area contributed by atoms with Crippen LogP contribution in [0.2, 0.25) is 0 Å². The molecule has 2 fully saturated rings. The van der Waals surface area contributed by atoms with Crippen LogP contribution in [0, 0.1) is 5.92 Å². The number of nitrogens with zero attached hydrogens (tertiary/aromatic N) is 5. The number of hydrogen-bond donors (Lipinski definition) is 4. The van der Waals surface area contributed by atoms with Crippen LogP contribution >= 0.6 is 0 Å². The van der Waals surface area contributed by atoms with E-state index in [1.54, 1.807) is 24.4 Å². The average molecular weight is 900 g/mol. The highest BCUT2D eigenvalue weighted by molar-refractivity contribution is 6.24. The normalized spacial score (nSPS) is 15.8. The van der Waals surface area contributed by atoms with E-state index in [1.807, 2.05) is 36.4 Å². The predicted octanol–water partition coefficient (Wildman–Crippen LogP) is 5.66. The van der Waals surface area contributed by atoms with E-state index < -0.39 is 41.5 Å². The standard InChI is InChI=1S/C48H53N9O9/c49-43(59)42-36(52-44(60)37-29-66-46(53-37)33-20-21-50-39(26-33)51-27-31-12-13-31)28-56(55-42)34-16-14-30(15-17-34)8-2-1-4-22-64-24-7-25-65-23-5-3-9-32-10-6-11-35-41(32)48(63)57(47(35)62)38-18-19-40(58)54-45(38)61/h6,10-11,14-17,20-21,26,28-29,31,38H,1-5,7-9,12-13,18-19,22-25,27H2,(H2,49,59)(H,50,51)(H,52,60)(H,54,58,61). The van der Waals surface area contributed by atoms with Crippen molar-refractivity contribution in [3.05, 3.63) is 107 Å². The van der Waals surface area contributed by atoms with Crippen LogP contribution in [-0.4, -0.2) is 99.1 Å². The third kappa shape index (κ3) is 11.2. The molecule has 1 aliphatic carbocycles.